The Labute approximate surface area is 144 Å². The fourth-order valence-electron chi connectivity index (χ4n) is 2.08. The van der Waals surface area contributed by atoms with E-state index in [0.717, 1.165) is 22.9 Å². The lowest BCUT2D eigenvalue weighted by Crippen LogP contribution is -2.36. The molecule has 0 atom stereocenters. The second-order valence-electron chi connectivity index (χ2n) is 5.26. The Morgan fingerprint density at radius 2 is 1.78 bits per heavy atom. The number of rotatable bonds is 5. The van der Waals surface area contributed by atoms with E-state index < -0.39 is 11.8 Å². The maximum Gasteiger partial charge on any atom is 0.313 e. The van der Waals surface area contributed by atoms with Crippen molar-refractivity contribution in [3.63, 3.8) is 0 Å². The van der Waals surface area contributed by atoms with Gasteiger partial charge >= 0.3 is 11.8 Å². The number of hydrogen-bond acceptors (Lipinski definition) is 2. The van der Waals surface area contributed by atoms with Crippen molar-refractivity contribution in [3.8, 4) is 0 Å². The van der Waals surface area contributed by atoms with Crippen molar-refractivity contribution in [2.45, 2.75) is 19.8 Å². The fraction of sp³-hybridized carbons (Fsp3) is 0.222. The molecule has 0 saturated heterocycles. The molecule has 0 aliphatic heterocycles. The molecule has 0 radical (unpaired) electrons. The summed E-state index contributed by atoms with van der Waals surface area (Å²) >= 11 is 3.39. The van der Waals surface area contributed by atoms with Gasteiger partial charge in [-0.15, -0.1) is 0 Å². The monoisotopic (exact) mass is 374 g/mol. The molecule has 0 aliphatic rings. The van der Waals surface area contributed by atoms with Crippen LogP contribution in [0.4, 0.5) is 5.69 Å². The van der Waals surface area contributed by atoms with Gasteiger partial charge in [0.1, 0.15) is 0 Å². The number of carbonyl (C=O) groups excluding carboxylic acids is 2. The van der Waals surface area contributed by atoms with E-state index in [1.807, 2.05) is 43.3 Å². The molecule has 2 aromatic carbocycles. The first-order chi connectivity index (χ1) is 11.1. The van der Waals surface area contributed by atoms with Gasteiger partial charge in [-0.3, -0.25) is 9.59 Å². The third-order valence-corrected chi connectivity index (χ3v) is 4.26. The molecule has 2 rings (SSSR count). The van der Waals surface area contributed by atoms with Gasteiger partial charge in [0.15, 0.2) is 0 Å². The molecule has 0 aromatic heterocycles. The second kappa shape index (κ2) is 8.48. The van der Waals surface area contributed by atoms with Crippen LogP contribution >= 0.6 is 15.9 Å². The van der Waals surface area contributed by atoms with Gasteiger partial charge in [0.25, 0.3) is 0 Å². The second-order valence-corrected chi connectivity index (χ2v) is 6.12. The summed E-state index contributed by atoms with van der Waals surface area (Å²) in [4.78, 5) is 23.6. The minimum atomic E-state index is -0.652. The van der Waals surface area contributed by atoms with Gasteiger partial charge in [-0.1, -0.05) is 52.3 Å². The van der Waals surface area contributed by atoms with Crippen LogP contribution in [-0.2, 0) is 16.0 Å². The number of amides is 2. The highest BCUT2D eigenvalue weighted by molar-refractivity contribution is 9.10. The Kier molecular flexibility index (Phi) is 6.35. The summed E-state index contributed by atoms with van der Waals surface area (Å²) in [7, 11) is 0. The van der Waals surface area contributed by atoms with Gasteiger partial charge in [0.05, 0.1) is 0 Å². The van der Waals surface area contributed by atoms with Crippen LogP contribution in [0.25, 0.3) is 0 Å². The van der Waals surface area contributed by atoms with Crippen molar-refractivity contribution < 1.29 is 9.59 Å². The van der Waals surface area contributed by atoms with E-state index in [4.69, 9.17) is 0 Å². The van der Waals surface area contributed by atoms with Crippen molar-refractivity contribution in [2.24, 2.45) is 0 Å². The molecule has 23 heavy (non-hydrogen) atoms. The standard InChI is InChI=1S/C18H19BrN2O2/c1-13-9-10-15(12-16(13)19)21-18(23)17(22)20-11-5-8-14-6-3-2-4-7-14/h2-4,6-7,9-10,12H,5,8,11H2,1H3,(H,20,22)(H,21,23). The molecule has 4 nitrogen and oxygen atoms in total. The van der Waals surface area contributed by atoms with E-state index >= 15 is 0 Å². The SMILES string of the molecule is Cc1ccc(NC(=O)C(=O)NCCCc2ccccc2)cc1Br. The van der Waals surface area contributed by atoms with Crippen molar-refractivity contribution in [1.29, 1.82) is 0 Å². The predicted molar refractivity (Wildman–Crippen MR) is 95.3 cm³/mol. The van der Waals surface area contributed by atoms with Gasteiger partial charge in [-0.05, 0) is 43.0 Å². The molecule has 0 saturated carbocycles. The van der Waals surface area contributed by atoms with Crippen molar-refractivity contribution in [1.82, 2.24) is 5.32 Å². The highest BCUT2D eigenvalue weighted by Crippen LogP contribution is 2.20. The average Bonchev–Trinajstić information content (AvgIpc) is 2.55. The molecule has 0 fully saturated rings. The van der Waals surface area contributed by atoms with Gasteiger partial charge in [0, 0.05) is 16.7 Å². The van der Waals surface area contributed by atoms with E-state index in [1.54, 1.807) is 12.1 Å². The van der Waals surface area contributed by atoms with Crippen LogP contribution in [0.5, 0.6) is 0 Å². The van der Waals surface area contributed by atoms with E-state index in [9.17, 15) is 9.59 Å². The van der Waals surface area contributed by atoms with Crippen LogP contribution in [-0.4, -0.2) is 18.4 Å². The molecule has 2 amide bonds. The lowest BCUT2D eigenvalue weighted by Gasteiger charge is -2.08. The van der Waals surface area contributed by atoms with Crippen LogP contribution < -0.4 is 10.6 Å². The van der Waals surface area contributed by atoms with Crippen LogP contribution in [0.15, 0.2) is 53.0 Å². The number of anilines is 1. The Hall–Kier alpha value is -2.14. The largest absolute Gasteiger partial charge is 0.348 e. The van der Waals surface area contributed by atoms with Crippen LogP contribution in [0.2, 0.25) is 0 Å². The van der Waals surface area contributed by atoms with Crippen molar-refractivity contribution >= 4 is 33.4 Å². The van der Waals surface area contributed by atoms with Gasteiger partial charge < -0.3 is 10.6 Å². The molecule has 0 bridgehead atoms. The maximum absolute atomic E-state index is 11.8. The van der Waals surface area contributed by atoms with E-state index in [1.165, 1.54) is 5.56 Å². The lowest BCUT2D eigenvalue weighted by molar-refractivity contribution is -0.136. The zero-order chi connectivity index (χ0) is 16.7. The first-order valence-corrected chi connectivity index (χ1v) is 8.25. The number of aryl methyl sites for hydroxylation is 2. The molecule has 0 heterocycles. The summed E-state index contributed by atoms with van der Waals surface area (Å²) in [5.74, 6) is -1.27. The summed E-state index contributed by atoms with van der Waals surface area (Å²) in [6.45, 7) is 2.42. The van der Waals surface area contributed by atoms with Crippen LogP contribution in [0.1, 0.15) is 17.5 Å². The fourth-order valence-corrected chi connectivity index (χ4v) is 2.46. The summed E-state index contributed by atoms with van der Waals surface area (Å²) in [5, 5.41) is 5.22. The number of benzene rings is 2. The third kappa shape index (κ3) is 5.53. The topological polar surface area (TPSA) is 58.2 Å². The molecule has 0 aliphatic carbocycles. The van der Waals surface area contributed by atoms with Crippen LogP contribution in [0, 0.1) is 6.92 Å². The van der Waals surface area contributed by atoms with Gasteiger partial charge in [-0.2, -0.15) is 0 Å². The smallest absolute Gasteiger partial charge is 0.313 e. The molecular formula is C18H19BrN2O2. The molecule has 2 N–H and O–H groups in total. The zero-order valence-electron chi connectivity index (χ0n) is 12.9. The van der Waals surface area contributed by atoms with E-state index in [0.29, 0.717) is 12.2 Å². The normalized spacial score (nSPS) is 10.2. The average molecular weight is 375 g/mol. The number of hydrogen-bond donors (Lipinski definition) is 2. The third-order valence-electron chi connectivity index (χ3n) is 3.41. The molecular weight excluding hydrogens is 356 g/mol. The van der Waals surface area contributed by atoms with Gasteiger partial charge in [-0.25, -0.2) is 0 Å². The van der Waals surface area contributed by atoms with Crippen LogP contribution in [0.3, 0.4) is 0 Å². The quantitative estimate of drug-likeness (QED) is 0.621. The predicted octanol–water partition coefficient (Wildman–Crippen LogP) is 3.45. The van der Waals surface area contributed by atoms with E-state index in [-0.39, 0.29) is 0 Å². The maximum atomic E-state index is 11.8. The number of carbonyl (C=O) groups is 2. The van der Waals surface area contributed by atoms with Crippen molar-refractivity contribution in [2.75, 3.05) is 11.9 Å². The zero-order valence-corrected chi connectivity index (χ0v) is 14.5. The summed E-state index contributed by atoms with van der Waals surface area (Å²) in [5.41, 5.74) is 2.87. The molecule has 5 heteroatoms. The first-order valence-electron chi connectivity index (χ1n) is 7.45. The minimum Gasteiger partial charge on any atom is -0.348 e. The Balaban J connectivity index is 1.74. The Morgan fingerprint density at radius 3 is 2.48 bits per heavy atom. The summed E-state index contributed by atoms with van der Waals surface area (Å²) in [6, 6.07) is 15.4. The summed E-state index contributed by atoms with van der Waals surface area (Å²) < 4.78 is 0.888. The van der Waals surface area contributed by atoms with Gasteiger partial charge in [0.2, 0.25) is 0 Å². The highest BCUT2D eigenvalue weighted by atomic mass is 79.9. The molecule has 0 spiro atoms. The molecule has 2 aromatic rings. The molecule has 120 valence electrons. The molecule has 0 unspecified atom stereocenters. The van der Waals surface area contributed by atoms with E-state index in [2.05, 4.69) is 26.6 Å². The Bertz CT molecular complexity index is 687. The highest BCUT2D eigenvalue weighted by Gasteiger charge is 2.13. The Morgan fingerprint density at radius 1 is 1.04 bits per heavy atom. The minimum absolute atomic E-state index is 0.471. The number of halogens is 1. The summed E-state index contributed by atoms with van der Waals surface area (Å²) in [6.07, 6.45) is 1.66. The first kappa shape index (κ1) is 17.2. The van der Waals surface area contributed by atoms with Crippen molar-refractivity contribution in [3.05, 3.63) is 64.1 Å². The number of nitrogens with one attached hydrogen (secondary N) is 2. The lowest BCUT2D eigenvalue weighted by atomic mass is 10.1.